The summed E-state index contributed by atoms with van der Waals surface area (Å²) in [6, 6.07) is 15.5. The van der Waals surface area contributed by atoms with Gasteiger partial charge in [-0.25, -0.2) is 9.59 Å². The zero-order valence-corrected chi connectivity index (χ0v) is 12.9. The lowest BCUT2D eigenvalue weighted by Crippen LogP contribution is -2.12. The van der Waals surface area contributed by atoms with Gasteiger partial charge in [0.05, 0.1) is 7.11 Å². The summed E-state index contributed by atoms with van der Waals surface area (Å²) in [4.78, 5) is 23.1. The molecule has 3 rings (SSSR count). The minimum atomic E-state index is -0.600. The van der Waals surface area contributed by atoms with E-state index in [0.29, 0.717) is 22.5 Å². The summed E-state index contributed by atoms with van der Waals surface area (Å²) >= 11 is 0. The number of rotatable bonds is 5. The number of carbonyl (C=O) groups is 1. The minimum absolute atomic E-state index is 0.0944. The highest BCUT2D eigenvalue weighted by Gasteiger charge is 2.09. The molecule has 0 aliphatic heterocycles. The first-order chi connectivity index (χ1) is 11.7. The number of ether oxygens (including phenoxy) is 3. The molecular weight excluding hydrogens is 312 g/mol. The van der Waals surface area contributed by atoms with Crippen LogP contribution in [0.5, 0.6) is 17.2 Å². The second kappa shape index (κ2) is 6.87. The lowest BCUT2D eigenvalue weighted by atomic mass is 10.2. The van der Waals surface area contributed by atoms with Crippen LogP contribution in [-0.4, -0.2) is 19.7 Å². The Hall–Kier alpha value is -3.28. The summed E-state index contributed by atoms with van der Waals surface area (Å²) < 4.78 is 20.6. The van der Waals surface area contributed by atoms with Crippen LogP contribution in [0.3, 0.4) is 0 Å². The van der Waals surface area contributed by atoms with Crippen LogP contribution < -0.4 is 15.1 Å². The van der Waals surface area contributed by atoms with E-state index in [1.165, 1.54) is 13.2 Å². The van der Waals surface area contributed by atoms with Crippen LogP contribution in [0.1, 0.15) is 0 Å². The molecule has 0 N–H and O–H groups in total. The molecule has 0 aliphatic rings. The Bertz CT molecular complexity index is 914. The molecule has 122 valence electrons. The van der Waals surface area contributed by atoms with Crippen LogP contribution >= 0.6 is 0 Å². The molecule has 1 aromatic heterocycles. The molecule has 2 aromatic carbocycles. The molecular formula is C18H14O6. The zero-order valence-electron chi connectivity index (χ0n) is 12.9. The van der Waals surface area contributed by atoms with Crippen molar-refractivity contribution < 1.29 is 23.4 Å². The number of esters is 1. The number of para-hydroxylation sites is 1. The quantitative estimate of drug-likeness (QED) is 0.530. The third-order valence-electron chi connectivity index (χ3n) is 3.23. The van der Waals surface area contributed by atoms with E-state index in [9.17, 15) is 9.59 Å². The number of hydrogen-bond donors (Lipinski definition) is 0. The molecule has 6 heteroatoms. The second-order valence-corrected chi connectivity index (χ2v) is 4.88. The van der Waals surface area contributed by atoms with Gasteiger partial charge in [0, 0.05) is 11.5 Å². The average Bonchev–Trinajstić information content (AvgIpc) is 2.61. The van der Waals surface area contributed by atoms with Gasteiger partial charge in [0.2, 0.25) is 5.75 Å². The monoisotopic (exact) mass is 326 g/mol. The van der Waals surface area contributed by atoms with E-state index in [2.05, 4.69) is 4.74 Å². The van der Waals surface area contributed by atoms with Crippen molar-refractivity contribution in [3.8, 4) is 17.2 Å². The van der Waals surface area contributed by atoms with Gasteiger partial charge in [-0.15, -0.1) is 0 Å². The Labute approximate surface area is 137 Å². The second-order valence-electron chi connectivity index (χ2n) is 4.88. The van der Waals surface area contributed by atoms with Gasteiger partial charge in [-0.1, -0.05) is 18.2 Å². The average molecular weight is 326 g/mol. The predicted octanol–water partition coefficient (Wildman–Crippen LogP) is 3.14. The summed E-state index contributed by atoms with van der Waals surface area (Å²) in [5, 5.41) is 0.672. The van der Waals surface area contributed by atoms with E-state index < -0.39 is 11.6 Å². The Kier molecular flexibility index (Phi) is 4.47. The van der Waals surface area contributed by atoms with Crippen molar-refractivity contribution in [1.82, 2.24) is 0 Å². The van der Waals surface area contributed by atoms with Crippen molar-refractivity contribution in [2.24, 2.45) is 0 Å². The summed E-state index contributed by atoms with van der Waals surface area (Å²) in [6.07, 6.45) is 0. The smallest absolute Gasteiger partial charge is 0.379 e. The van der Waals surface area contributed by atoms with E-state index in [1.54, 1.807) is 30.3 Å². The van der Waals surface area contributed by atoms with Crippen molar-refractivity contribution in [1.29, 1.82) is 0 Å². The topological polar surface area (TPSA) is 75.0 Å². The third-order valence-corrected chi connectivity index (χ3v) is 3.23. The van der Waals surface area contributed by atoms with Gasteiger partial charge in [-0.05, 0) is 30.3 Å². The first kappa shape index (κ1) is 15.6. The molecule has 0 spiro atoms. The van der Waals surface area contributed by atoms with Gasteiger partial charge in [-0.2, -0.15) is 0 Å². The summed E-state index contributed by atoms with van der Waals surface area (Å²) in [5.74, 6) is 0.537. The highest BCUT2D eigenvalue weighted by Crippen LogP contribution is 2.25. The lowest BCUT2D eigenvalue weighted by molar-refractivity contribution is -0.142. The van der Waals surface area contributed by atoms with Gasteiger partial charge < -0.3 is 18.6 Å². The standard InChI is InChI=1S/C18H14O6/c1-21-17(19)11-22-14-8-7-12-9-16(18(20)24-15(12)10-14)23-13-5-3-2-4-6-13/h2-10H,11H2,1H3. The predicted molar refractivity (Wildman–Crippen MR) is 86.5 cm³/mol. The van der Waals surface area contributed by atoms with Gasteiger partial charge >= 0.3 is 11.6 Å². The zero-order chi connectivity index (χ0) is 16.9. The normalized spacial score (nSPS) is 10.4. The molecule has 0 unspecified atom stereocenters. The summed E-state index contributed by atoms with van der Waals surface area (Å²) in [6.45, 7) is -0.221. The van der Waals surface area contributed by atoms with Crippen molar-refractivity contribution >= 4 is 16.9 Å². The SMILES string of the molecule is COC(=O)COc1ccc2cc(Oc3ccccc3)c(=O)oc2c1. The molecule has 0 radical (unpaired) electrons. The number of methoxy groups -OCH3 is 1. The summed E-state index contributed by atoms with van der Waals surface area (Å²) in [5.41, 5.74) is -0.265. The fourth-order valence-electron chi connectivity index (χ4n) is 2.05. The van der Waals surface area contributed by atoms with Crippen LogP contribution in [0.15, 0.2) is 63.8 Å². The minimum Gasteiger partial charge on any atom is -0.482 e. The van der Waals surface area contributed by atoms with Gasteiger partial charge in [0.15, 0.2) is 6.61 Å². The van der Waals surface area contributed by atoms with Crippen LogP contribution in [0, 0.1) is 0 Å². The van der Waals surface area contributed by atoms with Gasteiger partial charge in [-0.3, -0.25) is 0 Å². The molecule has 0 amide bonds. The molecule has 3 aromatic rings. The molecule has 0 saturated carbocycles. The fourth-order valence-corrected chi connectivity index (χ4v) is 2.05. The van der Waals surface area contributed by atoms with Crippen molar-refractivity contribution in [2.45, 2.75) is 0 Å². The Morgan fingerprint density at radius 2 is 1.83 bits per heavy atom. The highest BCUT2D eigenvalue weighted by atomic mass is 16.6. The maximum atomic E-state index is 12.1. The molecule has 1 heterocycles. The molecule has 0 aliphatic carbocycles. The highest BCUT2D eigenvalue weighted by molar-refractivity contribution is 5.79. The van der Waals surface area contributed by atoms with Crippen LogP contribution in [0.4, 0.5) is 0 Å². The number of benzene rings is 2. The first-order valence-electron chi connectivity index (χ1n) is 7.16. The molecule has 0 fully saturated rings. The van der Waals surface area contributed by atoms with Crippen molar-refractivity contribution in [3.63, 3.8) is 0 Å². The Morgan fingerprint density at radius 3 is 2.58 bits per heavy atom. The number of carbonyl (C=O) groups excluding carboxylic acids is 1. The van der Waals surface area contributed by atoms with E-state index in [0.717, 1.165) is 0 Å². The molecule has 0 atom stereocenters. The number of hydrogen-bond acceptors (Lipinski definition) is 6. The van der Waals surface area contributed by atoms with Crippen molar-refractivity contribution in [3.05, 3.63) is 65.0 Å². The third kappa shape index (κ3) is 3.55. The molecule has 0 bridgehead atoms. The molecule has 24 heavy (non-hydrogen) atoms. The van der Waals surface area contributed by atoms with Gasteiger partial charge in [0.25, 0.3) is 0 Å². The first-order valence-corrected chi connectivity index (χ1v) is 7.16. The largest absolute Gasteiger partial charge is 0.482 e. The summed E-state index contributed by atoms with van der Waals surface area (Å²) in [7, 11) is 1.28. The maximum absolute atomic E-state index is 12.1. The van der Waals surface area contributed by atoms with Crippen LogP contribution in [0.25, 0.3) is 11.0 Å². The number of fused-ring (bicyclic) bond motifs is 1. The van der Waals surface area contributed by atoms with E-state index in [1.807, 2.05) is 18.2 Å². The van der Waals surface area contributed by atoms with Crippen molar-refractivity contribution in [2.75, 3.05) is 13.7 Å². The Morgan fingerprint density at radius 1 is 1.04 bits per heavy atom. The lowest BCUT2D eigenvalue weighted by Gasteiger charge is -2.07. The van der Waals surface area contributed by atoms with Crippen LogP contribution in [0.2, 0.25) is 0 Å². The molecule has 0 saturated heterocycles. The van der Waals surface area contributed by atoms with Crippen LogP contribution in [-0.2, 0) is 9.53 Å². The van der Waals surface area contributed by atoms with E-state index in [4.69, 9.17) is 13.9 Å². The Balaban J connectivity index is 1.86. The van der Waals surface area contributed by atoms with E-state index >= 15 is 0 Å². The fraction of sp³-hybridized carbons (Fsp3) is 0.111. The van der Waals surface area contributed by atoms with Gasteiger partial charge in [0.1, 0.15) is 17.1 Å². The maximum Gasteiger partial charge on any atom is 0.379 e. The molecule has 6 nitrogen and oxygen atoms in total. The van der Waals surface area contributed by atoms with E-state index in [-0.39, 0.29) is 12.4 Å².